The van der Waals surface area contributed by atoms with Crippen molar-refractivity contribution < 1.29 is 14.7 Å². The van der Waals surface area contributed by atoms with Crippen LogP contribution in [0.4, 0.5) is 4.79 Å². The zero-order chi connectivity index (χ0) is 17.1. The molecular formula is C19H27NO3. The molecule has 1 aromatic rings. The Morgan fingerprint density at radius 3 is 2.61 bits per heavy atom. The molecule has 4 nitrogen and oxygen atoms in total. The van der Waals surface area contributed by atoms with Gasteiger partial charge in [0.15, 0.2) is 0 Å². The minimum atomic E-state index is -0.760. The van der Waals surface area contributed by atoms with E-state index in [1.54, 1.807) is 0 Å². The maximum absolute atomic E-state index is 12.0. The first kappa shape index (κ1) is 19.1. The highest BCUT2D eigenvalue weighted by molar-refractivity contribution is 5.67. The molecule has 0 saturated heterocycles. The molecule has 4 heteroatoms. The Kier molecular flexibility index (Phi) is 8.86. The van der Waals surface area contributed by atoms with E-state index in [-0.39, 0.29) is 6.61 Å². The van der Waals surface area contributed by atoms with E-state index < -0.39 is 12.1 Å². The molecule has 0 spiro atoms. The first-order valence-electron chi connectivity index (χ1n) is 8.21. The lowest BCUT2D eigenvalue weighted by Crippen LogP contribution is -2.38. The third-order valence-corrected chi connectivity index (χ3v) is 3.31. The Bertz CT molecular complexity index is 516. The van der Waals surface area contributed by atoms with Gasteiger partial charge in [0.1, 0.15) is 12.6 Å². The first-order chi connectivity index (χ1) is 11.0. The molecule has 0 aliphatic rings. The summed E-state index contributed by atoms with van der Waals surface area (Å²) in [6.45, 7) is 6.30. The van der Waals surface area contributed by atoms with Gasteiger partial charge in [0.2, 0.25) is 0 Å². The smallest absolute Gasteiger partial charge is 0.435 e. The van der Waals surface area contributed by atoms with Gasteiger partial charge in [-0.1, -0.05) is 63.4 Å². The highest BCUT2D eigenvalue weighted by Crippen LogP contribution is 2.12. The number of amides is 1. The Morgan fingerprint density at radius 1 is 1.30 bits per heavy atom. The molecule has 0 aromatic heterocycles. The number of nitrogens with zero attached hydrogens (tertiary/aromatic N) is 1. The van der Waals surface area contributed by atoms with Gasteiger partial charge in [-0.25, -0.2) is 4.79 Å². The minimum absolute atomic E-state index is 0.133. The third-order valence-electron chi connectivity index (χ3n) is 3.31. The van der Waals surface area contributed by atoms with Crippen molar-refractivity contribution in [2.75, 3.05) is 0 Å². The lowest BCUT2D eigenvalue weighted by molar-refractivity contribution is -0.0956. The number of hydrogen-bond donors (Lipinski definition) is 1. The van der Waals surface area contributed by atoms with Gasteiger partial charge in [0, 0.05) is 6.42 Å². The van der Waals surface area contributed by atoms with Crippen LogP contribution in [0.25, 0.3) is 0 Å². The molecule has 1 N–H and O–H groups in total. The predicted molar refractivity (Wildman–Crippen MR) is 90.8 cm³/mol. The summed E-state index contributed by atoms with van der Waals surface area (Å²) in [5.74, 6) is 6.35. The van der Waals surface area contributed by atoms with Crippen LogP contribution in [-0.4, -0.2) is 22.4 Å². The quantitative estimate of drug-likeness (QED) is 0.345. The van der Waals surface area contributed by atoms with Crippen LogP contribution in [0.5, 0.6) is 0 Å². The summed E-state index contributed by atoms with van der Waals surface area (Å²) in [4.78, 5) is 12.0. The van der Waals surface area contributed by atoms with Gasteiger partial charge < -0.3 is 4.74 Å². The Hall–Kier alpha value is -1.99. The lowest BCUT2D eigenvalue weighted by Gasteiger charge is -2.22. The summed E-state index contributed by atoms with van der Waals surface area (Å²) in [6, 6.07) is 8.85. The van der Waals surface area contributed by atoms with Gasteiger partial charge in [0.25, 0.3) is 0 Å². The Morgan fingerprint density at radius 2 is 2.00 bits per heavy atom. The van der Waals surface area contributed by atoms with Crippen molar-refractivity contribution in [2.45, 2.75) is 59.1 Å². The van der Waals surface area contributed by atoms with E-state index in [9.17, 15) is 10.0 Å². The molecule has 1 atom stereocenters. The molecule has 0 heterocycles. The molecule has 0 aliphatic carbocycles. The molecule has 1 unspecified atom stereocenters. The molecule has 126 valence electrons. The molecule has 0 aliphatic heterocycles. The zero-order valence-corrected chi connectivity index (χ0v) is 14.3. The zero-order valence-electron chi connectivity index (χ0n) is 14.3. The maximum atomic E-state index is 12.0. The van der Waals surface area contributed by atoms with Gasteiger partial charge in [-0.2, -0.15) is 5.06 Å². The normalized spacial score (nSPS) is 11.5. The molecule has 1 aromatic carbocycles. The SMILES string of the molecule is CCCCC#CC(CC(C)C)N(O)C(=O)OCc1ccccc1. The highest BCUT2D eigenvalue weighted by atomic mass is 16.6. The molecule has 0 fully saturated rings. The number of ether oxygens (including phenoxy) is 1. The van der Waals surface area contributed by atoms with Gasteiger partial charge >= 0.3 is 6.09 Å². The molecule has 1 rings (SSSR count). The summed E-state index contributed by atoms with van der Waals surface area (Å²) >= 11 is 0. The van der Waals surface area contributed by atoms with Gasteiger partial charge in [0.05, 0.1) is 0 Å². The fraction of sp³-hybridized carbons (Fsp3) is 0.526. The van der Waals surface area contributed by atoms with Crippen LogP contribution in [0, 0.1) is 17.8 Å². The average molecular weight is 317 g/mol. The number of hydrogen-bond acceptors (Lipinski definition) is 3. The highest BCUT2D eigenvalue weighted by Gasteiger charge is 2.22. The third kappa shape index (κ3) is 7.71. The number of carbonyl (C=O) groups is 1. The van der Waals surface area contributed by atoms with E-state index >= 15 is 0 Å². The van der Waals surface area contributed by atoms with Crippen molar-refractivity contribution in [3.63, 3.8) is 0 Å². The van der Waals surface area contributed by atoms with Gasteiger partial charge in [-0.15, -0.1) is 5.92 Å². The van der Waals surface area contributed by atoms with Crippen molar-refractivity contribution in [1.82, 2.24) is 5.06 Å². The van der Waals surface area contributed by atoms with Crippen LogP contribution in [0.15, 0.2) is 30.3 Å². The number of unbranched alkanes of at least 4 members (excludes halogenated alkanes) is 2. The van der Waals surface area contributed by atoms with E-state index in [0.717, 1.165) is 24.8 Å². The van der Waals surface area contributed by atoms with Crippen LogP contribution in [0.3, 0.4) is 0 Å². The predicted octanol–water partition coefficient (Wildman–Crippen LogP) is 4.62. The monoisotopic (exact) mass is 317 g/mol. The molecule has 0 saturated carbocycles. The van der Waals surface area contributed by atoms with Crippen LogP contribution in [0.1, 0.15) is 52.0 Å². The van der Waals surface area contributed by atoms with Crippen LogP contribution in [-0.2, 0) is 11.3 Å². The van der Waals surface area contributed by atoms with Crippen LogP contribution in [0.2, 0.25) is 0 Å². The van der Waals surface area contributed by atoms with Gasteiger partial charge in [-0.3, -0.25) is 5.21 Å². The largest absolute Gasteiger partial charge is 0.443 e. The second-order valence-corrected chi connectivity index (χ2v) is 5.95. The number of hydroxylamine groups is 2. The fourth-order valence-electron chi connectivity index (χ4n) is 2.03. The molecule has 23 heavy (non-hydrogen) atoms. The molecule has 1 amide bonds. The van der Waals surface area contributed by atoms with E-state index in [2.05, 4.69) is 18.8 Å². The van der Waals surface area contributed by atoms with Gasteiger partial charge in [-0.05, 0) is 24.3 Å². The Balaban J connectivity index is 2.60. The van der Waals surface area contributed by atoms with E-state index in [0.29, 0.717) is 17.4 Å². The number of carbonyl (C=O) groups excluding carboxylic acids is 1. The first-order valence-corrected chi connectivity index (χ1v) is 8.21. The summed E-state index contributed by atoms with van der Waals surface area (Å²) in [5.41, 5.74) is 0.878. The van der Waals surface area contributed by atoms with E-state index in [4.69, 9.17) is 4.74 Å². The standard InChI is InChI=1S/C19H27NO3/c1-4-5-6-10-13-18(14-16(2)3)20(22)19(21)23-15-17-11-8-7-9-12-17/h7-9,11-12,16,18,22H,4-6,14-15H2,1-3H3. The van der Waals surface area contributed by atoms with Crippen LogP contribution < -0.4 is 0 Å². The summed E-state index contributed by atoms with van der Waals surface area (Å²) in [5, 5.41) is 10.7. The molecular weight excluding hydrogens is 290 g/mol. The number of rotatable bonds is 7. The van der Waals surface area contributed by atoms with Crippen molar-refractivity contribution in [3.05, 3.63) is 35.9 Å². The van der Waals surface area contributed by atoms with Crippen molar-refractivity contribution in [1.29, 1.82) is 0 Å². The topological polar surface area (TPSA) is 49.8 Å². The second kappa shape index (κ2) is 10.7. The lowest BCUT2D eigenvalue weighted by atomic mass is 10.0. The van der Waals surface area contributed by atoms with E-state index in [1.807, 2.05) is 44.2 Å². The summed E-state index contributed by atoms with van der Waals surface area (Å²) in [6.07, 6.45) is 2.72. The Labute approximate surface area is 139 Å². The summed E-state index contributed by atoms with van der Waals surface area (Å²) < 4.78 is 5.15. The van der Waals surface area contributed by atoms with Crippen molar-refractivity contribution >= 4 is 6.09 Å². The average Bonchev–Trinajstić information content (AvgIpc) is 2.55. The molecule has 0 radical (unpaired) electrons. The van der Waals surface area contributed by atoms with Crippen molar-refractivity contribution in [3.8, 4) is 11.8 Å². The fourth-order valence-corrected chi connectivity index (χ4v) is 2.03. The summed E-state index contributed by atoms with van der Waals surface area (Å²) in [7, 11) is 0. The molecule has 0 bridgehead atoms. The van der Waals surface area contributed by atoms with E-state index in [1.165, 1.54) is 0 Å². The second-order valence-electron chi connectivity index (χ2n) is 5.95. The van der Waals surface area contributed by atoms with Crippen molar-refractivity contribution in [2.24, 2.45) is 5.92 Å². The minimum Gasteiger partial charge on any atom is -0.443 e. The maximum Gasteiger partial charge on any atom is 0.435 e. The van der Waals surface area contributed by atoms with Crippen LogP contribution >= 0.6 is 0 Å². The number of benzene rings is 1.